The molecule has 0 aliphatic carbocycles. The van der Waals surface area contributed by atoms with Crippen LogP contribution in [0.1, 0.15) is 61.0 Å². The first kappa shape index (κ1) is 26.6. The predicted octanol–water partition coefficient (Wildman–Crippen LogP) is 6.98. The van der Waals surface area contributed by atoms with Crippen molar-refractivity contribution >= 4 is 28.2 Å². The van der Waals surface area contributed by atoms with E-state index in [0.29, 0.717) is 11.8 Å². The van der Waals surface area contributed by atoms with E-state index in [1.54, 1.807) is 0 Å². The first-order valence-corrected chi connectivity index (χ1v) is 11.9. The third kappa shape index (κ3) is 5.17. The lowest BCUT2D eigenvalue weighted by atomic mass is 10.0. The molecule has 1 aromatic heterocycles. The highest BCUT2D eigenvalue weighted by Gasteiger charge is 2.38. The number of alkyl halides is 6. The first-order chi connectivity index (χ1) is 17.3. The van der Waals surface area contributed by atoms with Crippen LogP contribution in [0.4, 0.5) is 37.7 Å². The van der Waals surface area contributed by atoms with E-state index in [-0.39, 0.29) is 17.6 Å². The highest BCUT2D eigenvalue weighted by atomic mass is 19.4. The van der Waals surface area contributed by atoms with Crippen molar-refractivity contribution in [1.82, 2.24) is 4.98 Å². The maximum absolute atomic E-state index is 14.0. The summed E-state index contributed by atoms with van der Waals surface area (Å²) in [4.78, 5) is 30.1. The van der Waals surface area contributed by atoms with Gasteiger partial charge >= 0.3 is 12.4 Å². The largest absolute Gasteiger partial charge is 0.418 e. The molecule has 0 saturated carbocycles. The third-order valence-corrected chi connectivity index (χ3v) is 6.72. The Hall–Kier alpha value is -3.50. The fourth-order valence-corrected chi connectivity index (χ4v) is 5.05. The molecule has 1 aliphatic rings. The van der Waals surface area contributed by atoms with Crippen LogP contribution in [-0.4, -0.2) is 23.0 Å². The molecule has 2 heterocycles. The molecule has 0 radical (unpaired) electrons. The Kier molecular flexibility index (Phi) is 7.00. The van der Waals surface area contributed by atoms with Crippen molar-refractivity contribution in [2.24, 2.45) is 0 Å². The van der Waals surface area contributed by atoms with E-state index in [1.165, 1.54) is 12.1 Å². The van der Waals surface area contributed by atoms with Gasteiger partial charge in [-0.25, -0.2) is 0 Å². The molecule has 2 N–H and O–H groups in total. The summed E-state index contributed by atoms with van der Waals surface area (Å²) in [5.74, 6) is -1.25. The number of hydrogen-bond acceptors (Lipinski definition) is 3. The fraction of sp³-hybridized carbons (Fsp3) is 0.385. The van der Waals surface area contributed by atoms with Gasteiger partial charge in [0.2, 0.25) is 5.43 Å². The topological polar surface area (TPSA) is 65.2 Å². The van der Waals surface area contributed by atoms with E-state index < -0.39 is 51.5 Å². The number of amides is 1. The Labute approximate surface area is 208 Å². The molecule has 1 fully saturated rings. The molecule has 2 aromatic carbocycles. The van der Waals surface area contributed by atoms with Gasteiger partial charge in [0.15, 0.2) is 0 Å². The number of aromatic nitrogens is 1. The van der Waals surface area contributed by atoms with Gasteiger partial charge in [0, 0.05) is 29.5 Å². The molecule has 1 amide bonds. The minimum Gasteiger partial charge on any atom is -0.366 e. The van der Waals surface area contributed by atoms with Gasteiger partial charge in [-0.15, -0.1) is 0 Å². The molecule has 3 aromatic rings. The second kappa shape index (κ2) is 9.75. The van der Waals surface area contributed by atoms with Gasteiger partial charge in [0.25, 0.3) is 5.91 Å². The van der Waals surface area contributed by atoms with E-state index in [0.717, 1.165) is 50.1 Å². The monoisotopic (exact) mass is 525 g/mol. The first-order valence-electron chi connectivity index (χ1n) is 11.9. The standard InChI is InChI=1S/C26H25F6N3O2/c1-3-5-15-9-8-14(2)35(15)16-10-11-20(19(12-16)26(30,31)32)34-24(37)17-13-33-21-7-4-6-18(25(27,28)29)22(21)23(17)36/h4,6-7,10-15H,3,5,8-9H2,1-2H3,(H,33,36)(H,34,37). The van der Waals surface area contributed by atoms with Gasteiger partial charge in [-0.3, -0.25) is 9.59 Å². The Morgan fingerprint density at radius 3 is 2.41 bits per heavy atom. The van der Waals surface area contributed by atoms with Crippen LogP contribution in [0.3, 0.4) is 0 Å². The summed E-state index contributed by atoms with van der Waals surface area (Å²) < 4.78 is 82.4. The third-order valence-electron chi connectivity index (χ3n) is 6.72. The maximum atomic E-state index is 14.0. The van der Waals surface area contributed by atoms with Crippen molar-refractivity contribution in [2.45, 2.75) is 64.0 Å². The minimum absolute atomic E-state index is 0.0389. The number of pyridine rings is 1. The molecular formula is C26H25F6N3O2. The zero-order valence-electron chi connectivity index (χ0n) is 20.1. The van der Waals surface area contributed by atoms with Crippen LogP contribution in [0.25, 0.3) is 10.9 Å². The number of anilines is 2. The van der Waals surface area contributed by atoms with Crippen LogP contribution in [0.5, 0.6) is 0 Å². The Balaban J connectivity index is 1.73. The molecular weight excluding hydrogens is 500 g/mol. The van der Waals surface area contributed by atoms with E-state index in [2.05, 4.69) is 10.3 Å². The molecule has 4 rings (SSSR count). The number of fused-ring (bicyclic) bond motifs is 1. The van der Waals surface area contributed by atoms with Gasteiger partial charge in [-0.2, -0.15) is 26.3 Å². The summed E-state index contributed by atoms with van der Waals surface area (Å²) in [6.45, 7) is 3.95. The SMILES string of the molecule is CCCC1CCC(C)N1c1ccc(NC(=O)c2c[nH]c3cccc(C(F)(F)F)c3c2=O)c(C(F)(F)F)c1. The van der Waals surface area contributed by atoms with Gasteiger partial charge in [-0.05, 0) is 56.5 Å². The van der Waals surface area contributed by atoms with Crippen LogP contribution in [-0.2, 0) is 12.4 Å². The van der Waals surface area contributed by atoms with Crippen molar-refractivity contribution in [2.75, 3.05) is 10.2 Å². The predicted molar refractivity (Wildman–Crippen MR) is 129 cm³/mol. The Morgan fingerprint density at radius 1 is 1.05 bits per heavy atom. The van der Waals surface area contributed by atoms with Crippen molar-refractivity contribution < 1.29 is 31.1 Å². The number of carbonyl (C=O) groups is 1. The summed E-state index contributed by atoms with van der Waals surface area (Å²) in [5.41, 5.74) is -4.72. The van der Waals surface area contributed by atoms with Crippen LogP contribution >= 0.6 is 0 Å². The number of nitrogens with zero attached hydrogens (tertiary/aromatic N) is 1. The number of rotatable bonds is 5. The van der Waals surface area contributed by atoms with E-state index in [9.17, 15) is 35.9 Å². The van der Waals surface area contributed by atoms with Crippen LogP contribution in [0, 0.1) is 0 Å². The summed E-state index contributed by atoms with van der Waals surface area (Å²) in [7, 11) is 0. The zero-order valence-corrected chi connectivity index (χ0v) is 20.1. The quantitative estimate of drug-likeness (QED) is 0.354. The maximum Gasteiger partial charge on any atom is 0.418 e. The van der Waals surface area contributed by atoms with Crippen LogP contribution in [0.15, 0.2) is 47.4 Å². The molecule has 0 bridgehead atoms. The highest BCUT2D eigenvalue weighted by Crippen LogP contribution is 2.40. The molecule has 37 heavy (non-hydrogen) atoms. The Morgan fingerprint density at radius 2 is 1.76 bits per heavy atom. The number of halogens is 6. The van der Waals surface area contributed by atoms with Crippen molar-refractivity contribution in [3.8, 4) is 0 Å². The molecule has 2 unspecified atom stereocenters. The number of carbonyl (C=O) groups excluding carboxylic acids is 1. The molecule has 198 valence electrons. The van der Waals surface area contributed by atoms with E-state index >= 15 is 0 Å². The second-order valence-corrected chi connectivity index (χ2v) is 9.22. The van der Waals surface area contributed by atoms with Gasteiger partial charge in [-0.1, -0.05) is 19.4 Å². The number of hydrogen-bond donors (Lipinski definition) is 2. The lowest BCUT2D eigenvalue weighted by molar-refractivity contribution is -0.137. The van der Waals surface area contributed by atoms with E-state index in [4.69, 9.17) is 0 Å². The van der Waals surface area contributed by atoms with Gasteiger partial charge in [0.05, 0.1) is 22.2 Å². The minimum atomic E-state index is -4.87. The molecule has 5 nitrogen and oxygen atoms in total. The average Bonchev–Trinajstić information content (AvgIpc) is 3.18. The summed E-state index contributed by atoms with van der Waals surface area (Å²) in [6.07, 6.45) is -5.40. The molecule has 2 atom stereocenters. The zero-order chi connectivity index (χ0) is 27.1. The van der Waals surface area contributed by atoms with Crippen LogP contribution < -0.4 is 15.6 Å². The molecule has 1 aliphatic heterocycles. The lowest BCUT2D eigenvalue weighted by Gasteiger charge is -2.31. The summed E-state index contributed by atoms with van der Waals surface area (Å²) in [5, 5.41) is 1.32. The summed E-state index contributed by atoms with van der Waals surface area (Å²) >= 11 is 0. The fourth-order valence-electron chi connectivity index (χ4n) is 5.05. The van der Waals surface area contributed by atoms with Crippen molar-refractivity contribution in [3.63, 3.8) is 0 Å². The Bertz CT molecular complexity index is 1380. The van der Waals surface area contributed by atoms with E-state index in [1.807, 2.05) is 18.7 Å². The van der Waals surface area contributed by atoms with Crippen molar-refractivity contribution in [3.05, 3.63) is 69.5 Å². The molecule has 11 heteroatoms. The number of benzene rings is 2. The van der Waals surface area contributed by atoms with Gasteiger partial charge in [0.1, 0.15) is 5.56 Å². The van der Waals surface area contributed by atoms with Gasteiger partial charge < -0.3 is 15.2 Å². The molecule has 1 saturated heterocycles. The normalized spacial score (nSPS) is 18.4. The average molecular weight is 525 g/mol. The molecule has 0 spiro atoms. The van der Waals surface area contributed by atoms with Crippen molar-refractivity contribution in [1.29, 1.82) is 0 Å². The lowest BCUT2D eigenvalue weighted by Crippen LogP contribution is -2.34. The number of nitrogens with one attached hydrogen (secondary N) is 2. The smallest absolute Gasteiger partial charge is 0.366 e. The number of H-pyrrole nitrogens is 1. The summed E-state index contributed by atoms with van der Waals surface area (Å²) in [6, 6.07) is 6.72. The number of aromatic amines is 1. The highest BCUT2D eigenvalue weighted by molar-refractivity contribution is 6.06. The van der Waals surface area contributed by atoms with Crippen LogP contribution in [0.2, 0.25) is 0 Å². The second-order valence-electron chi connectivity index (χ2n) is 9.22.